The Morgan fingerprint density at radius 1 is 1.07 bits per heavy atom. The van der Waals surface area contributed by atoms with Crippen LogP contribution in [0.25, 0.3) is 0 Å². The minimum Gasteiger partial charge on any atom is -0.486 e. The van der Waals surface area contributed by atoms with Gasteiger partial charge in [-0.3, -0.25) is 10.2 Å². The van der Waals surface area contributed by atoms with Crippen LogP contribution >= 0.6 is 0 Å². The van der Waals surface area contributed by atoms with Gasteiger partial charge >= 0.3 is 11.9 Å². The first-order valence-electron chi connectivity index (χ1n) is 9.15. The van der Waals surface area contributed by atoms with Crippen LogP contribution in [0.15, 0.2) is 46.9 Å². The van der Waals surface area contributed by atoms with Gasteiger partial charge in [-0.25, -0.2) is 10.2 Å². The Kier molecular flexibility index (Phi) is 6.01. The van der Waals surface area contributed by atoms with Gasteiger partial charge in [0, 0.05) is 6.54 Å². The van der Waals surface area contributed by atoms with Gasteiger partial charge in [0.05, 0.1) is 0 Å². The molecule has 1 fully saturated rings. The summed E-state index contributed by atoms with van der Waals surface area (Å²) in [4.78, 5) is 23.9. The Morgan fingerprint density at radius 3 is 2.56 bits per heavy atom. The number of nitrogens with one attached hydrogen (secondary N) is 3. The second kappa shape index (κ2) is 8.62. The molecule has 7 nitrogen and oxygen atoms in total. The van der Waals surface area contributed by atoms with Gasteiger partial charge in [-0.15, -0.1) is 0 Å². The third kappa shape index (κ3) is 5.51. The maximum Gasteiger partial charge on any atom is 0.333 e. The van der Waals surface area contributed by atoms with Gasteiger partial charge in [-0.2, -0.15) is 0 Å². The molecule has 0 saturated heterocycles. The second-order valence-electron chi connectivity index (χ2n) is 7.15. The van der Waals surface area contributed by atoms with E-state index in [1.165, 1.54) is 18.9 Å². The molecule has 3 rings (SSSR count). The highest BCUT2D eigenvalue weighted by Gasteiger charge is 2.28. The van der Waals surface area contributed by atoms with Gasteiger partial charge in [0.2, 0.25) is 0 Å². The predicted molar refractivity (Wildman–Crippen MR) is 100 cm³/mol. The number of urea groups is 1. The number of hydrogen-bond acceptors (Lipinski definition) is 4. The highest BCUT2D eigenvalue weighted by Crippen LogP contribution is 2.36. The van der Waals surface area contributed by atoms with Crippen LogP contribution in [0.3, 0.4) is 0 Å². The topological polar surface area (TPSA) is 92.6 Å². The summed E-state index contributed by atoms with van der Waals surface area (Å²) < 4.78 is 11.0. The van der Waals surface area contributed by atoms with Crippen LogP contribution in [-0.4, -0.2) is 18.5 Å². The zero-order chi connectivity index (χ0) is 19.1. The number of para-hydroxylation sites is 1. The van der Waals surface area contributed by atoms with Gasteiger partial charge in [-0.05, 0) is 42.5 Å². The van der Waals surface area contributed by atoms with Crippen molar-refractivity contribution >= 4 is 11.9 Å². The quantitative estimate of drug-likeness (QED) is 0.679. The largest absolute Gasteiger partial charge is 0.486 e. The minimum atomic E-state index is -0.525. The van der Waals surface area contributed by atoms with E-state index in [4.69, 9.17) is 9.15 Å². The molecular formula is C20H25N3O4. The maximum atomic E-state index is 12.1. The standard InChI is InChI=1S/C20H25N3O4/c1-20(11-5-6-12-20)14-21-19(25)23-22-18(24)17-10-9-16(27-17)13-26-15-7-3-2-4-8-15/h2-4,7-10H,5-6,11-14H2,1H3,(H,22,24)(H2,21,23,25). The molecule has 3 amide bonds. The Balaban J connectivity index is 1.40. The monoisotopic (exact) mass is 371 g/mol. The van der Waals surface area contributed by atoms with Gasteiger partial charge in [0.15, 0.2) is 5.76 Å². The van der Waals surface area contributed by atoms with E-state index < -0.39 is 11.9 Å². The highest BCUT2D eigenvalue weighted by molar-refractivity contribution is 5.92. The molecule has 7 heteroatoms. The average Bonchev–Trinajstić information content (AvgIpc) is 3.33. The van der Waals surface area contributed by atoms with Crippen LogP contribution in [0.4, 0.5) is 4.79 Å². The molecule has 144 valence electrons. The lowest BCUT2D eigenvalue weighted by atomic mass is 9.89. The van der Waals surface area contributed by atoms with Gasteiger partial charge in [0.1, 0.15) is 18.1 Å². The van der Waals surface area contributed by atoms with E-state index in [9.17, 15) is 9.59 Å². The summed E-state index contributed by atoms with van der Waals surface area (Å²) in [6, 6.07) is 12.1. The SMILES string of the molecule is CC1(CNC(=O)NNC(=O)c2ccc(COc3ccccc3)o2)CCCC1. The number of carbonyl (C=O) groups excluding carboxylic acids is 2. The molecule has 0 spiro atoms. The van der Waals surface area contributed by atoms with E-state index in [1.807, 2.05) is 30.3 Å². The van der Waals surface area contributed by atoms with E-state index in [1.54, 1.807) is 6.07 Å². The fraction of sp³-hybridized carbons (Fsp3) is 0.400. The Labute approximate surface area is 158 Å². The number of amides is 3. The molecule has 3 N–H and O–H groups in total. The molecular weight excluding hydrogens is 346 g/mol. The van der Waals surface area contributed by atoms with Crippen molar-refractivity contribution in [3.63, 3.8) is 0 Å². The molecule has 0 bridgehead atoms. The molecule has 2 aromatic rings. The number of carbonyl (C=O) groups is 2. The average molecular weight is 371 g/mol. The first-order chi connectivity index (χ1) is 13.0. The lowest BCUT2D eigenvalue weighted by Crippen LogP contribution is -2.48. The van der Waals surface area contributed by atoms with Crippen molar-refractivity contribution in [2.45, 2.75) is 39.2 Å². The molecule has 1 aromatic heterocycles. The molecule has 1 aromatic carbocycles. The van der Waals surface area contributed by atoms with Crippen LogP contribution in [0.5, 0.6) is 5.75 Å². The zero-order valence-corrected chi connectivity index (χ0v) is 15.4. The van der Waals surface area contributed by atoms with Crippen LogP contribution < -0.4 is 20.9 Å². The summed E-state index contributed by atoms with van der Waals surface area (Å²) >= 11 is 0. The van der Waals surface area contributed by atoms with Crippen molar-refractivity contribution in [3.05, 3.63) is 54.0 Å². The van der Waals surface area contributed by atoms with E-state index in [2.05, 4.69) is 23.1 Å². The molecule has 27 heavy (non-hydrogen) atoms. The number of benzene rings is 1. The smallest absolute Gasteiger partial charge is 0.333 e. The minimum absolute atomic E-state index is 0.102. The normalized spacial score (nSPS) is 15.1. The summed E-state index contributed by atoms with van der Waals surface area (Å²) in [7, 11) is 0. The molecule has 0 aliphatic heterocycles. The Morgan fingerprint density at radius 2 is 1.81 bits per heavy atom. The molecule has 1 heterocycles. The number of hydrazine groups is 1. The molecule has 0 atom stereocenters. The van der Waals surface area contributed by atoms with E-state index in [-0.39, 0.29) is 17.8 Å². The van der Waals surface area contributed by atoms with Gasteiger partial charge < -0.3 is 14.5 Å². The first-order valence-corrected chi connectivity index (χ1v) is 9.15. The molecule has 1 aliphatic carbocycles. The van der Waals surface area contributed by atoms with Crippen LogP contribution in [0.2, 0.25) is 0 Å². The van der Waals surface area contributed by atoms with E-state index in [0.717, 1.165) is 12.8 Å². The molecule has 0 unspecified atom stereocenters. The molecule has 1 saturated carbocycles. The van der Waals surface area contributed by atoms with Crippen molar-refractivity contribution in [2.24, 2.45) is 5.41 Å². The van der Waals surface area contributed by atoms with Crippen LogP contribution in [0, 0.1) is 5.41 Å². The van der Waals surface area contributed by atoms with E-state index >= 15 is 0 Å². The summed E-state index contributed by atoms with van der Waals surface area (Å²) in [6.45, 7) is 2.97. The van der Waals surface area contributed by atoms with Crippen LogP contribution in [0.1, 0.15) is 48.9 Å². The van der Waals surface area contributed by atoms with E-state index in [0.29, 0.717) is 18.1 Å². The van der Waals surface area contributed by atoms with Crippen molar-refractivity contribution in [3.8, 4) is 5.75 Å². The molecule has 1 aliphatic rings. The highest BCUT2D eigenvalue weighted by atomic mass is 16.5. The van der Waals surface area contributed by atoms with Crippen molar-refractivity contribution in [1.82, 2.24) is 16.2 Å². The summed E-state index contributed by atoms with van der Waals surface area (Å²) in [5, 5.41) is 2.80. The fourth-order valence-electron chi connectivity index (χ4n) is 3.17. The maximum absolute atomic E-state index is 12.1. The Hall–Kier alpha value is -2.96. The number of rotatable bonds is 6. The third-order valence-electron chi connectivity index (χ3n) is 4.79. The summed E-state index contributed by atoms with van der Waals surface area (Å²) in [6.07, 6.45) is 4.62. The van der Waals surface area contributed by atoms with Crippen LogP contribution in [-0.2, 0) is 6.61 Å². The van der Waals surface area contributed by atoms with Crippen molar-refractivity contribution in [1.29, 1.82) is 0 Å². The van der Waals surface area contributed by atoms with Gasteiger partial charge in [0.25, 0.3) is 0 Å². The second-order valence-corrected chi connectivity index (χ2v) is 7.15. The lowest BCUT2D eigenvalue weighted by Gasteiger charge is -2.23. The fourth-order valence-corrected chi connectivity index (χ4v) is 3.17. The van der Waals surface area contributed by atoms with Crippen molar-refractivity contribution in [2.75, 3.05) is 6.54 Å². The Bertz CT molecular complexity index is 767. The van der Waals surface area contributed by atoms with Crippen molar-refractivity contribution < 1.29 is 18.7 Å². The summed E-state index contributed by atoms with van der Waals surface area (Å²) in [5.41, 5.74) is 4.84. The van der Waals surface area contributed by atoms with Gasteiger partial charge in [-0.1, -0.05) is 38.0 Å². The number of furan rings is 1. The number of ether oxygens (including phenoxy) is 1. The lowest BCUT2D eigenvalue weighted by molar-refractivity contribution is 0.0904. The predicted octanol–water partition coefficient (Wildman–Crippen LogP) is 3.38. The summed E-state index contributed by atoms with van der Waals surface area (Å²) in [5.74, 6) is 0.810. The molecule has 0 radical (unpaired) electrons. The number of hydrogen-bond donors (Lipinski definition) is 3. The first kappa shape index (κ1) is 18.8. The zero-order valence-electron chi connectivity index (χ0n) is 15.4. The third-order valence-corrected chi connectivity index (χ3v) is 4.79.